The van der Waals surface area contributed by atoms with Crippen molar-refractivity contribution in [3.63, 3.8) is 0 Å². The van der Waals surface area contributed by atoms with Gasteiger partial charge in [0.15, 0.2) is 0 Å². The molecule has 0 nitrogen and oxygen atoms in total. The highest BCUT2D eigenvalue weighted by Gasteiger charge is 2.09. The number of alkyl halides is 1. The Balaban J connectivity index is 2.46. The molecule has 0 heterocycles. The average Bonchev–Trinajstić information content (AvgIpc) is 2.30. The molecule has 0 radical (unpaired) electrons. The van der Waals surface area contributed by atoms with Crippen LogP contribution < -0.4 is 0 Å². The van der Waals surface area contributed by atoms with Crippen LogP contribution in [0.4, 0.5) is 0 Å². The maximum Gasteiger partial charge on any atom is 0.0255 e. The Morgan fingerprint density at radius 1 is 1.31 bits per heavy atom. The van der Waals surface area contributed by atoms with Gasteiger partial charge in [-0.2, -0.15) is 11.8 Å². The number of aryl methyl sites for hydroxylation is 1. The maximum atomic E-state index is 6.04. The first-order valence-corrected chi connectivity index (χ1v) is 7.65. The summed E-state index contributed by atoms with van der Waals surface area (Å²) in [5, 5.41) is 0. The number of rotatable bonds is 7. The lowest BCUT2D eigenvalue weighted by molar-refractivity contribution is 0.570. The minimum atomic E-state index is 0.627. The fraction of sp³-hybridized carbons (Fsp3) is 0.571. The van der Waals surface area contributed by atoms with Gasteiger partial charge in [0.1, 0.15) is 0 Å². The lowest BCUT2D eigenvalue weighted by atomic mass is 9.96. The second-order valence-corrected chi connectivity index (χ2v) is 5.84. The normalized spacial score (nSPS) is 12.7. The van der Waals surface area contributed by atoms with Gasteiger partial charge < -0.3 is 0 Å². The van der Waals surface area contributed by atoms with Crippen LogP contribution >= 0.6 is 23.4 Å². The molecule has 0 aromatic heterocycles. The van der Waals surface area contributed by atoms with E-state index in [0.29, 0.717) is 5.92 Å². The molecule has 1 rings (SSSR count). The van der Waals surface area contributed by atoms with E-state index in [9.17, 15) is 0 Å². The van der Waals surface area contributed by atoms with Crippen LogP contribution in [0.2, 0.25) is 0 Å². The van der Waals surface area contributed by atoms with Gasteiger partial charge >= 0.3 is 0 Å². The number of hydrogen-bond donors (Lipinski definition) is 0. The summed E-state index contributed by atoms with van der Waals surface area (Å²) in [6.07, 6.45) is 2.36. The van der Waals surface area contributed by atoms with Gasteiger partial charge in [-0.3, -0.25) is 0 Å². The zero-order chi connectivity index (χ0) is 11.8. The van der Waals surface area contributed by atoms with Crippen LogP contribution in [0.5, 0.6) is 0 Å². The van der Waals surface area contributed by atoms with Crippen molar-refractivity contribution in [2.24, 2.45) is 5.92 Å². The summed E-state index contributed by atoms with van der Waals surface area (Å²) in [7, 11) is 0. The summed E-state index contributed by atoms with van der Waals surface area (Å²) >= 11 is 8.05. The van der Waals surface area contributed by atoms with Gasteiger partial charge in [-0.15, -0.1) is 11.6 Å². The van der Waals surface area contributed by atoms with E-state index in [-0.39, 0.29) is 0 Å². The highest BCUT2D eigenvalue weighted by Crippen LogP contribution is 2.19. The molecule has 0 bridgehead atoms. The van der Waals surface area contributed by atoms with Crippen LogP contribution in [-0.4, -0.2) is 17.4 Å². The molecule has 0 amide bonds. The molecule has 1 atom stereocenters. The number of halogens is 1. The molecular weight excluding hydrogens is 236 g/mol. The van der Waals surface area contributed by atoms with Gasteiger partial charge in [0.2, 0.25) is 0 Å². The predicted octanol–water partition coefficient (Wildman–Crippen LogP) is 4.54. The van der Waals surface area contributed by atoms with Crippen LogP contribution in [0, 0.1) is 12.8 Å². The summed E-state index contributed by atoms with van der Waals surface area (Å²) < 4.78 is 0. The topological polar surface area (TPSA) is 0 Å². The van der Waals surface area contributed by atoms with Gasteiger partial charge in [0.25, 0.3) is 0 Å². The quantitative estimate of drug-likeness (QED) is 0.510. The van der Waals surface area contributed by atoms with Crippen molar-refractivity contribution in [1.29, 1.82) is 0 Å². The fourth-order valence-corrected chi connectivity index (χ4v) is 2.83. The molecule has 16 heavy (non-hydrogen) atoms. The van der Waals surface area contributed by atoms with Crippen molar-refractivity contribution in [3.05, 3.63) is 35.4 Å². The summed E-state index contributed by atoms with van der Waals surface area (Å²) in [6.45, 7) is 4.39. The fourth-order valence-electron chi connectivity index (χ4n) is 1.78. The van der Waals surface area contributed by atoms with Gasteiger partial charge in [-0.05, 0) is 48.3 Å². The molecule has 0 aliphatic carbocycles. The Kier molecular flexibility index (Phi) is 6.98. The van der Waals surface area contributed by atoms with Gasteiger partial charge in [0, 0.05) is 5.88 Å². The molecule has 0 aliphatic rings. The van der Waals surface area contributed by atoms with Crippen molar-refractivity contribution in [3.8, 4) is 0 Å². The van der Waals surface area contributed by atoms with Crippen LogP contribution in [0.15, 0.2) is 24.3 Å². The van der Waals surface area contributed by atoms with Gasteiger partial charge in [0.05, 0.1) is 0 Å². The molecule has 1 aromatic carbocycles. The minimum Gasteiger partial charge on any atom is -0.162 e. The highest BCUT2D eigenvalue weighted by molar-refractivity contribution is 7.99. The minimum absolute atomic E-state index is 0.627. The SMILES string of the molecule is CCSCCC(CCl)Cc1ccccc1C. The van der Waals surface area contributed by atoms with E-state index in [1.165, 1.54) is 29.1 Å². The van der Waals surface area contributed by atoms with Gasteiger partial charge in [-0.1, -0.05) is 31.2 Å². The van der Waals surface area contributed by atoms with E-state index >= 15 is 0 Å². The van der Waals surface area contributed by atoms with Crippen molar-refractivity contribution < 1.29 is 0 Å². The summed E-state index contributed by atoms with van der Waals surface area (Å²) in [6, 6.07) is 8.62. The van der Waals surface area contributed by atoms with Crippen molar-refractivity contribution in [1.82, 2.24) is 0 Å². The number of hydrogen-bond acceptors (Lipinski definition) is 1. The van der Waals surface area contributed by atoms with E-state index in [4.69, 9.17) is 11.6 Å². The number of benzene rings is 1. The Hall–Kier alpha value is -0.140. The second kappa shape index (κ2) is 8.03. The lowest BCUT2D eigenvalue weighted by Gasteiger charge is -2.15. The van der Waals surface area contributed by atoms with Crippen LogP contribution in [0.25, 0.3) is 0 Å². The van der Waals surface area contributed by atoms with E-state index < -0.39 is 0 Å². The third kappa shape index (κ3) is 4.80. The molecule has 0 saturated carbocycles. The first-order chi connectivity index (χ1) is 7.77. The predicted molar refractivity (Wildman–Crippen MR) is 76.7 cm³/mol. The van der Waals surface area contributed by atoms with E-state index in [1.807, 2.05) is 11.8 Å². The summed E-state index contributed by atoms with van der Waals surface area (Å²) in [5.74, 6) is 3.85. The third-order valence-corrected chi connectivity index (χ3v) is 4.23. The van der Waals surface area contributed by atoms with Crippen LogP contribution in [0.3, 0.4) is 0 Å². The average molecular weight is 257 g/mol. The van der Waals surface area contributed by atoms with E-state index in [2.05, 4.69) is 38.1 Å². The Labute approximate surface area is 109 Å². The van der Waals surface area contributed by atoms with Crippen LogP contribution in [-0.2, 0) is 6.42 Å². The van der Waals surface area contributed by atoms with E-state index in [1.54, 1.807) is 0 Å². The maximum absolute atomic E-state index is 6.04. The smallest absolute Gasteiger partial charge is 0.0255 e. The lowest BCUT2D eigenvalue weighted by Crippen LogP contribution is -2.08. The molecule has 0 spiro atoms. The zero-order valence-electron chi connectivity index (χ0n) is 10.2. The Bertz CT molecular complexity index is 299. The molecule has 2 heteroatoms. The molecular formula is C14H21ClS. The first kappa shape index (κ1) is 13.9. The standard InChI is InChI=1S/C14H21ClS/c1-3-16-9-8-13(11-15)10-14-7-5-4-6-12(14)2/h4-7,13H,3,8-11H2,1-2H3. The summed E-state index contributed by atoms with van der Waals surface area (Å²) in [5.41, 5.74) is 2.84. The highest BCUT2D eigenvalue weighted by atomic mass is 35.5. The molecule has 0 fully saturated rings. The molecule has 90 valence electrons. The second-order valence-electron chi connectivity index (χ2n) is 4.14. The van der Waals surface area contributed by atoms with Gasteiger partial charge in [-0.25, -0.2) is 0 Å². The molecule has 1 aromatic rings. The monoisotopic (exact) mass is 256 g/mol. The zero-order valence-corrected chi connectivity index (χ0v) is 11.8. The van der Waals surface area contributed by atoms with Crippen molar-refractivity contribution in [2.75, 3.05) is 17.4 Å². The number of thioether (sulfide) groups is 1. The molecule has 0 saturated heterocycles. The van der Waals surface area contributed by atoms with E-state index in [0.717, 1.165) is 12.3 Å². The van der Waals surface area contributed by atoms with Crippen molar-refractivity contribution >= 4 is 23.4 Å². The third-order valence-electron chi connectivity index (χ3n) is 2.86. The Morgan fingerprint density at radius 3 is 2.69 bits per heavy atom. The molecule has 0 aliphatic heterocycles. The van der Waals surface area contributed by atoms with Crippen LogP contribution in [0.1, 0.15) is 24.5 Å². The molecule has 1 unspecified atom stereocenters. The Morgan fingerprint density at radius 2 is 2.06 bits per heavy atom. The largest absolute Gasteiger partial charge is 0.162 e. The molecule has 0 N–H and O–H groups in total. The summed E-state index contributed by atoms with van der Waals surface area (Å²) in [4.78, 5) is 0. The first-order valence-electron chi connectivity index (χ1n) is 5.96. The van der Waals surface area contributed by atoms with Crippen molar-refractivity contribution in [2.45, 2.75) is 26.7 Å².